The highest BCUT2D eigenvalue weighted by Gasteiger charge is 2.72. The summed E-state index contributed by atoms with van der Waals surface area (Å²) in [5, 5.41) is 90.5. The minimum absolute atomic E-state index is 0.195. The van der Waals surface area contributed by atoms with E-state index in [0.29, 0.717) is 39.6 Å². The van der Waals surface area contributed by atoms with Crippen LogP contribution in [0.25, 0.3) is 291 Å². The first kappa shape index (κ1) is 32.1. The van der Waals surface area contributed by atoms with Crippen LogP contribution in [0.3, 0.4) is 0 Å². The Hall–Kier alpha value is -7.74. The molecule has 1 aliphatic heterocycles. The number of nitrogens with zero attached hydrogens (tertiary/aromatic N) is 1. The standard InChI is InChI=1S/C72H26N2O3/c73-3-1-5-75-7-9-77-10-8-76-6-2-4-74-11-71-67-59-51-41-31-23-15-13-14-17-21-19(15)27-35-29(21)39-33-25(17)26-18(14)22-20-16(13)24(23)32-38-28(20)36-30(22)40-34(26)44-43(33)53-47(39)57-49(35)55(45(51)37(27)31)63(67)65(57)69-61(53)62-54(44)48(40)58-50(36)56-46(38)52(42(32)41)60(59)68(71)64(56)66(58)70(62)72(69,71)12-74/h1-12,73H2. The van der Waals surface area contributed by atoms with Gasteiger partial charge in [0.1, 0.15) is 0 Å². The third-order valence-corrected chi connectivity index (χ3v) is 26.6. The predicted octanol–water partition coefficient (Wildman–Crippen LogP) is 16.4. The second-order valence-electron chi connectivity index (χ2n) is 27.6. The molecule has 5 aliphatic rings. The molecule has 1 saturated heterocycles. The number of rotatable bonds is 13. The van der Waals surface area contributed by atoms with E-state index in [-0.39, 0.29) is 10.8 Å². The number of nitrogens with two attached hydrogens (primary N) is 1. The van der Waals surface area contributed by atoms with Crippen molar-refractivity contribution in [1.29, 1.82) is 0 Å². The van der Waals surface area contributed by atoms with E-state index in [1.54, 1.807) is 313 Å². The van der Waals surface area contributed by atoms with E-state index < -0.39 is 0 Å². The molecule has 0 aromatic heterocycles. The lowest BCUT2D eigenvalue weighted by atomic mass is 9.50. The van der Waals surface area contributed by atoms with Gasteiger partial charge < -0.3 is 24.8 Å². The van der Waals surface area contributed by atoms with Crippen molar-refractivity contribution >= 4 is 291 Å². The molecule has 0 atom stereocenters. The van der Waals surface area contributed by atoms with Gasteiger partial charge in [0, 0.05) is 32.8 Å². The zero-order chi connectivity index (χ0) is 46.7. The molecular weight excluding hydrogens is 941 g/mol. The molecule has 0 saturated carbocycles. The first-order valence-electron chi connectivity index (χ1n) is 29.3. The fraction of sp³-hybridized carbons (Fsp3) is 0.194. The predicted molar refractivity (Wildman–Crippen MR) is 321 cm³/mol. The maximum absolute atomic E-state index is 6.44. The summed E-state index contributed by atoms with van der Waals surface area (Å²) < 4.78 is 18.1. The fourth-order valence-corrected chi connectivity index (χ4v) is 26.1. The van der Waals surface area contributed by atoms with E-state index in [1.165, 1.54) is 0 Å². The monoisotopic (exact) mass is 966 g/mol. The Morgan fingerprint density at radius 1 is 0.234 bits per heavy atom. The number of likely N-dealkylation sites (tertiary alicyclic amines) is 1. The lowest BCUT2D eigenvalue weighted by Gasteiger charge is -2.49. The lowest BCUT2D eigenvalue weighted by Crippen LogP contribution is -2.51. The molecule has 0 bridgehead atoms. The molecule has 5 heteroatoms. The van der Waals surface area contributed by atoms with Crippen molar-refractivity contribution in [2.24, 2.45) is 5.73 Å². The molecule has 2 N–H and O–H groups in total. The molecule has 1 heterocycles. The summed E-state index contributed by atoms with van der Waals surface area (Å²) in [6.45, 7) is 7.77. The molecule has 28 aromatic carbocycles. The molecule has 342 valence electrons. The Morgan fingerprint density at radius 3 is 0.597 bits per heavy atom. The highest BCUT2D eigenvalue weighted by atomic mass is 16.5. The summed E-state index contributed by atoms with van der Waals surface area (Å²) in [5.41, 5.74) is 12.4. The largest absolute Gasteiger partial charge is 0.379 e. The summed E-state index contributed by atoms with van der Waals surface area (Å²) in [6.07, 6.45) is 1.91. The number of hydrogen-bond donors (Lipinski definition) is 1. The molecule has 1 fully saturated rings. The average molecular weight is 967 g/mol. The van der Waals surface area contributed by atoms with Gasteiger partial charge in [-0.3, -0.25) is 0 Å². The Morgan fingerprint density at radius 2 is 0.403 bits per heavy atom. The van der Waals surface area contributed by atoms with E-state index in [0.717, 1.165) is 39.1 Å². The van der Waals surface area contributed by atoms with Crippen LogP contribution in [0.15, 0.2) is 0 Å². The number of ether oxygens (including phenoxy) is 3. The van der Waals surface area contributed by atoms with Gasteiger partial charge in [0.25, 0.3) is 0 Å². The van der Waals surface area contributed by atoms with Crippen molar-refractivity contribution in [3.8, 4) is 0 Å². The van der Waals surface area contributed by atoms with Crippen LogP contribution in [0.5, 0.6) is 0 Å². The first-order chi connectivity index (χ1) is 38.4. The molecule has 4 aliphatic carbocycles. The SMILES string of the molecule is NCCCOCCOCCOCCCN1CC23c4c5c6c7c8c9c(c%10c%11c2c2c4c4c%12c5c5c6c6c8c8c%13c9c9c%10c%10c%11c%11c2c2c4c4c%12c%12c5c5c6c8c6c8c%13c9c9c%10c%10c%11c2c2c4c4c%12c5c6c5c8c9c%10c2c45)C73C1. The van der Waals surface area contributed by atoms with E-state index in [4.69, 9.17) is 19.9 Å². The Labute approximate surface area is 425 Å². The molecule has 0 radical (unpaired) electrons. The van der Waals surface area contributed by atoms with Gasteiger partial charge in [-0.2, -0.15) is 0 Å². The van der Waals surface area contributed by atoms with Gasteiger partial charge in [0.05, 0.1) is 37.3 Å². The minimum atomic E-state index is -0.195. The van der Waals surface area contributed by atoms with E-state index in [1.807, 2.05) is 0 Å². The molecule has 33 rings (SSSR count). The minimum Gasteiger partial charge on any atom is -0.379 e. The van der Waals surface area contributed by atoms with Crippen LogP contribution >= 0.6 is 0 Å². The van der Waals surface area contributed by atoms with Crippen LogP contribution < -0.4 is 5.73 Å². The van der Waals surface area contributed by atoms with Gasteiger partial charge in [0.15, 0.2) is 0 Å². The zero-order valence-electron chi connectivity index (χ0n) is 40.7. The molecule has 0 unspecified atom stereocenters. The Balaban J connectivity index is 0.873. The normalized spacial score (nSPS) is 21.9. The third kappa shape index (κ3) is 1.98. The first-order valence-corrected chi connectivity index (χ1v) is 29.3. The van der Waals surface area contributed by atoms with Crippen LogP contribution in [-0.4, -0.2) is 70.7 Å². The zero-order valence-corrected chi connectivity index (χ0v) is 40.7. The van der Waals surface area contributed by atoms with Crippen LogP contribution in [0.1, 0.15) is 35.1 Å². The van der Waals surface area contributed by atoms with Gasteiger partial charge in [-0.05, 0) is 332 Å². The van der Waals surface area contributed by atoms with Crippen molar-refractivity contribution in [1.82, 2.24) is 4.90 Å². The highest BCUT2D eigenvalue weighted by molar-refractivity contribution is 6.82. The Bertz CT molecular complexity index is 6670. The second-order valence-corrected chi connectivity index (χ2v) is 27.6. The van der Waals surface area contributed by atoms with Gasteiger partial charge in [-0.1, -0.05) is 0 Å². The van der Waals surface area contributed by atoms with Crippen LogP contribution in [0.2, 0.25) is 0 Å². The lowest BCUT2D eigenvalue weighted by molar-refractivity contribution is 0.0131. The summed E-state index contributed by atoms with van der Waals surface area (Å²) >= 11 is 0. The van der Waals surface area contributed by atoms with Crippen molar-refractivity contribution in [2.75, 3.05) is 65.8 Å². The van der Waals surface area contributed by atoms with Gasteiger partial charge in [0.2, 0.25) is 0 Å². The van der Waals surface area contributed by atoms with Gasteiger partial charge >= 0.3 is 0 Å². The molecule has 5 nitrogen and oxygen atoms in total. The van der Waals surface area contributed by atoms with Gasteiger partial charge in [-0.25, -0.2) is 0 Å². The Kier molecular flexibility index (Phi) is 3.34. The van der Waals surface area contributed by atoms with Crippen molar-refractivity contribution in [3.05, 3.63) is 22.3 Å². The topological polar surface area (TPSA) is 57.0 Å². The maximum atomic E-state index is 6.44. The molecule has 2 spiro atoms. The summed E-state index contributed by atoms with van der Waals surface area (Å²) in [4.78, 5) is 3.02. The molecular formula is C72H26N2O3. The van der Waals surface area contributed by atoms with Crippen LogP contribution in [0.4, 0.5) is 0 Å². The summed E-state index contributed by atoms with van der Waals surface area (Å²) in [6, 6.07) is 0. The fourth-order valence-electron chi connectivity index (χ4n) is 26.1. The van der Waals surface area contributed by atoms with E-state index in [9.17, 15) is 0 Å². The molecule has 77 heavy (non-hydrogen) atoms. The van der Waals surface area contributed by atoms with Gasteiger partial charge in [-0.15, -0.1) is 0 Å². The van der Waals surface area contributed by atoms with Crippen molar-refractivity contribution in [2.45, 2.75) is 23.7 Å². The number of hydrogen-bond acceptors (Lipinski definition) is 5. The van der Waals surface area contributed by atoms with Crippen molar-refractivity contribution in [3.63, 3.8) is 0 Å². The molecule has 0 amide bonds. The maximum Gasteiger partial charge on any atom is 0.0701 e. The number of benzene rings is 18. The summed E-state index contributed by atoms with van der Waals surface area (Å²) in [5.74, 6) is 0. The second kappa shape index (κ2) is 8.02. The molecule has 28 aromatic rings. The average Bonchev–Trinajstić information content (AvgIpc) is 1.82. The quantitative estimate of drug-likeness (QED) is 0.0922. The summed E-state index contributed by atoms with van der Waals surface area (Å²) in [7, 11) is 0. The van der Waals surface area contributed by atoms with Crippen LogP contribution in [-0.2, 0) is 25.0 Å². The van der Waals surface area contributed by atoms with Crippen LogP contribution in [0, 0.1) is 0 Å². The van der Waals surface area contributed by atoms with E-state index >= 15 is 0 Å². The van der Waals surface area contributed by atoms with Crippen molar-refractivity contribution < 1.29 is 14.2 Å². The van der Waals surface area contributed by atoms with E-state index in [2.05, 4.69) is 4.90 Å². The smallest absolute Gasteiger partial charge is 0.0701 e. The third-order valence-electron chi connectivity index (χ3n) is 26.6. The highest BCUT2D eigenvalue weighted by Crippen LogP contribution is 2.85.